The zero-order valence-electron chi connectivity index (χ0n) is 15.2. The smallest absolute Gasteiger partial charge is 0.328 e. The second-order valence-electron chi connectivity index (χ2n) is 5.95. The number of nitrogens with two attached hydrogens (primary N) is 2. The van der Waals surface area contributed by atoms with E-state index in [1.165, 1.54) is 6.92 Å². The molecule has 0 aliphatic heterocycles. The van der Waals surface area contributed by atoms with Gasteiger partial charge in [0.05, 0.1) is 13.2 Å². The maximum Gasteiger partial charge on any atom is 0.328 e. The summed E-state index contributed by atoms with van der Waals surface area (Å²) in [4.78, 5) is 47.1. The minimum absolute atomic E-state index is 0.184. The number of carbonyl (C=O) groups excluding carboxylic acids is 3. The van der Waals surface area contributed by atoms with E-state index in [0.29, 0.717) is 19.4 Å². The third-order valence-electron chi connectivity index (χ3n) is 3.66. The van der Waals surface area contributed by atoms with Crippen molar-refractivity contribution in [3.05, 3.63) is 0 Å². The Bertz CT molecular complexity index is 517. The van der Waals surface area contributed by atoms with Crippen molar-refractivity contribution in [2.45, 2.75) is 50.4 Å². The highest BCUT2D eigenvalue weighted by Crippen LogP contribution is 2.03. The number of aliphatic carboxylic acids is 1. The van der Waals surface area contributed by atoms with Crippen molar-refractivity contribution in [2.24, 2.45) is 11.5 Å². The number of carbonyl (C=O) groups is 4. The zero-order chi connectivity index (χ0) is 21.0. The average Bonchev–Trinajstić information content (AvgIpc) is 2.63. The van der Waals surface area contributed by atoms with Crippen LogP contribution >= 0.6 is 0 Å². The summed E-state index contributed by atoms with van der Waals surface area (Å²) in [7, 11) is 0. The third kappa shape index (κ3) is 9.28. The van der Waals surface area contributed by atoms with Crippen LogP contribution in [0, 0.1) is 0 Å². The molecule has 0 saturated carbocycles. The monoisotopic (exact) mass is 391 g/mol. The number of amides is 3. The lowest BCUT2D eigenvalue weighted by Crippen LogP contribution is -2.57. The van der Waals surface area contributed by atoms with Crippen LogP contribution in [0.15, 0.2) is 0 Å². The lowest BCUT2D eigenvalue weighted by molar-refractivity contribution is -0.143. The number of aliphatic hydroxyl groups is 2. The molecule has 0 saturated heterocycles. The van der Waals surface area contributed by atoms with Gasteiger partial charge in [-0.2, -0.15) is 0 Å². The molecule has 0 rings (SSSR count). The number of hydrogen-bond donors (Lipinski definition) is 8. The van der Waals surface area contributed by atoms with Crippen LogP contribution in [-0.2, 0) is 19.2 Å². The average molecular weight is 391 g/mol. The van der Waals surface area contributed by atoms with E-state index in [9.17, 15) is 19.2 Å². The van der Waals surface area contributed by atoms with Gasteiger partial charge < -0.3 is 42.7 Å². The first kappa shape index (κ1) is 24.7. The summed E-state index contributed by atoms with van der Waals surface area (Å²) in [5, 5.41) is 33.6. The lowest BCUT2D eigenvalue weighted by Gasteiger charge is -2.23. The van der Waals surface area contributed by atoms with Gasteiger partial charge in [-0.3, -0.25) is 14.4 Å². The van der Waals surface area contributed by atoms with Crippen molar-refractivity contribution in [1.82, 2.24) is 16.0 Å². The van der Waals surface area contributed by atoms with Crippen molar-refractivity contribution in [3.8, 4) is 0 Å². The van der Waals surface area contributed by atoms with Crippen molar-refractivity contribution in [2.75, 3.05) is 19.8 Å². The predicted octanol–water partition coefficient (Wildman–Crippen LogP) is -4.01. The zero-order valence-corrected chi connectivity index (χ0v) is 15.2. The maximum atomic E-state index is 12.3. The number of carboxylic acids is 1. The number of nitrogens with one attached hydrogen (secondary N) is 3. The van der Waals surface area contributed by atoms with Gasteiger partial charge in [-0.05, 0) is 32.7 Å². The molecule has 0 radical (unpaired) electrons. The Hall–Kier alpha value is -2.28. The minimum atomic E-state index is -1.51. The standard InChI is InChI=1S/C15H29N5O7/c1-8(18-13(24)9(17)6-21)12(23)19-10(4-2-3-5-16)14(25)20-11(7-22)15(26)27/h8-11,21-22H,2-7,16-17H2,1H3,(H,18,24)(H,19,23)(H,20,25)(H,26,27)/t8-,9-,10-,11-/m0/s1. The largest absolute Gasteiger partial charge is 0.480 e. The summed E-state index contributed by atoms with van der Waals surface area (Å²) in [6, 6.07) is -4.83. The SMILES string of the molecule is C[C@H](NC(=O)[C@@H](N)CO)C(=O)N[C@@H](CCCCN)C(=O)N[C@@H](CO)C(=O)O. The van der Waals surface area contributed by atoms with E-state index in [-0.39, 0.29) is 6.42 Å². The normalized spacial score (nSPS) is 15.1. The summed E-state index contributed by atoms with van der Waals surface area (Å²) >= 11 is 0. The molecule has 0 aliphatic carbocycles. The molecule has 12 nitrogen and oxygen atoms in total. The maximum absolute atomic E-state index is 12.3. The Morgan fingerprint density at radius 2 is 1.48 bits per heavy atom. The van der Waals surface area contributed by atoms with Gasteiger partial charge in [0.2, 0.25) is 17.7 Å². The molecule has 0 heterocycles. The van der Waals surface area contributed by atoms with Gasteiger partial charge in [-0.15, -0.1) is 0 Å². The molecule has 4 atom stereocenters. The minimum Gasteiger partial charge on any atom is -0.480 e. The second kappa shape index (κ2) is 13.0. The van der Waals surface area contributed by atoms with Crippen LogP contribution in [0.5, 0.6) is 0 Å². The Kier molecular flexibility index (Phi) is 11.9. The van der Waals surface area contributed by atoms with Crippen molar-refractivity contribution >= 4 is 23.7 Å². The fourth-order valence-electron chi connectivity index (χ4n) is 1.99. The van der Waals surface area contributed by atoms with E-state index in [1.807, 2.05) is 0 Å². The number of aliphatic hydroxyl groups excluding tert-OH is 2. The van der Waals surface area contributed by atoms with Crippen LogP contribution in [0.2, 0.25) is 0 Å². The molecular weight excluding hydrogens is 362 g/mol. The van der Waals surface area contributed by atoms with Gasteiger partial charge in [0.1, 0.15) is 24.2 Å². The van der Waals surface area contributed by atoms with Gasteiger partial charge >= 0.3 is 5.97 Å². The molecule has 156 valence electrons. The van der Waals surface area contributed by atoms with Crippen LogP contribution in [0.25, 0.3) is 0 Å². The predicted molar refractivity (Wildman–Crippen MR) is 94.2 cm³/mol. The van der Waals surface area contributed by atoms with Crippen molar-refractivity contribution < 1.29 is 34.5 Å². The van der Waals surface area contributed by atoms with Gasteiger partial charge in [-0.25, -0.2) is 4.79 Å². The molecule has 0 bridgehead atoms. The first-order valence-corrected chi connectivity index (χ1v) is 8.49. The number of unbranched alkanes of at least 4 members (excludes halogenated alkanes) is 1. The summed E-state index contributed by atoms with van der Waals surface area (Å²) in [6.45, 7) is 0.334. The second-order valence-corrected chi connectivity index (χ2v) is 5.95. The van der Waals surface area contributed by atoms with Crippen LogP contribution < -0.4 is 27.4 Å². The van der Waals surface area contributed by atoms with E-state index >= 15 is 0 Å². The molecule has 0 aromatic carbocycles. The molecule has 0 aromatic rings. The highest BCUT2D eigenvalue weighted by atomic mass is 16.4. The van der Waals surface area contributed by atoms with Crippen molar-refractivity contribution in [3.63, 3.8) is 0 Å². The van der Waals surface area contributed by atoms with E-state index in [4.69, 9.17) is 26.8 Å². The molecule has 10 N–H and O–H groups in total. The number of hydrogen-bond acceptors (Lipinski definition) is 8. The van der Waals surface area contributed by atoms with Crippen LogP contribution in [0.4, 0.5) is 0 Å². The van der Waals surface area contributed by atoms with Crippen molar-refractivity contribution in [1.29, 1.82) is 0 Å². The van der Waals surface area contributed by atoms with E-state index in [0.717, 1.165) is 0 Å². The quantitative estimate of drug-likeness (QED) is 0.143. The first-order chi connectivity index (χ1) is 12.7. The molecule has 0 aliphatic rings. The summed E-state index contributed by atoms with van der Waals surface area (Å²) < 4.78 is 0. The molecule has 27 heavy (non-hydrogen) atoms. The highest BCUT2D eigenvalue weighted by molar-refractivity contribution is 5.93. The van der Waals surface area contributed by atoms with Gasteiger partial charge in [-0.1, -0.05) is 0 Å². The van der Waals surface area contributed by atoms with E-state index < -0.39 is 61.1 Å². The first-order valence-electron chi connectivity index (χ1n) is 8.49. The van der Waals surface area contributed by atoms with E-state index in [2.05, 4.69) is 16.0 Å². The third-order valence-corrected chi connectivity index (χ3v) is 3.66. The molecule has 0 unspecified atom stereocenters. The van der Waals surface area contributed by atoms with Crippen LogP contribution in [-0.4, -0.2) is 82.9 Å². The molecular formula is C15H29N5O7. The van der Waals surface area contributed by atoms with Gasteiger partial charge in [0, 0.05) is 0 Å². The van der Waals surface area contributed by atoms with Gasteiger partial charge in [0.25, 0.3) is 0 Å². The van der Waals surface area contributed by atoms with Gasteiger partial charge in [0.15, 0.2) is 0 Å². The molecule has 3 amide bonds. The Morgan fingerprint density at radius 1 is 0.889 bits per heavy atom. The molecule has 0 aromatic heterocycles. The topological polar surface area (TPSA) is 217 Å². The summed E-state index contributed by atoms with van der Waals surface area (Å²) in [6.07, 6.45) is 1.25. The van der Waals surface area contributed by atoms with Crippen LogP contribution in [0.3, 0.4) is 0 Å². The Morgan fingerprint density at radius 3 is 1.96 bits per heavy atom. The fourth-order valence-corrected chi connectivity index (χ4v) is 1.99. The number of carboxylic acid groups (broad SMARTS) is 1. The fraction of sp³-hybridized carbons (Fsp3) is 0.733. The Balaban J connectivity index is 4.96. The van der Waals surface area contributed by atoms with E-state index in [1.54, 1.807) is 0 Å². The summed E-state index contributed by atoms with van der Waals surface area (Å²) in [5.41, 5.74) is 10.7. The molecule has 0 spiro atoms. The van der Waals surface area contributed by atoms with Crippen LogP contribution in [0.1, 0.15) is 26.2 Å². The molecule has 12 heteroatoms. The lowest BCUT2D eigenvalue weighted by atomic mass is 10.1. The number of rotatable bonds is 13. The summed E-state index contributed by atoms with van der Waals surface area (Å²) in [5.74, 6) is -3.64. The molecule has 0 fully saturated rings. The Labute approximate surface area is 156 Å². The highest BCUT2D eigenvalue weighted by Gasteiger charge is 2.28.